The largest absolute Gasteiger partial charge is 0.367 e. The number of hydrogen-bond donors (Lipinski definition) is 3. The van der Waals surface area contributed by atoms with Gasteiger partial charge in [-0.05, 0) is 63.9 Å². The zero-order valence-electron chi connectivity index (χ0n) is 18.9. The zero-order valence-corrected chi connectivity index (χ0v) is 19.7. The predicted molar refractivity (Wildman–Crippen MR) is 126 cm³/mol. The highest BCUT2D eigenvalue weighted by atomic mass is 32.2. The van der Waals surface area contributed by atoms with Gasteiger partial charge in [0.05, 0.1) is 16.3 Å². The van der Waals surface area contributed by atoms with E-state index in [0.717, 1.165) is 37.4 Å². The molecule has 2 aromatic carbocycles. The number of rotatable bonds is 6. The molecule has 0 saturated carbocycles. The minimum Gasteiger partial charge on any atom is -0.367 e. The fourth-order valence-electron chi connectivity index (χ4n) is 4.07. The van der Waals surface area contributed by atoms with Crippen LogP contribution in [0.3, 0.4) is 0 Å². The highest BCUT2D eigenvalue weighted by Crippen LogP contribution is 2.31. The Labute approximate surface area is 185 Å². The number of carbonyl (C=O) groups excluding carboxylic acids is 1. The van der Waals surface area contributed by atoms with Crippen molar-refractivity contribution in [2.24, 2.45) is 0 Å². The third-order valence-corrected chi connectivity index (χ3v) is 6.92. The molecule has 8 heteroatoms. The first-order valence-corrected chi connectivity index (χ1v) is 12.1. The maximum atomic E-state index is 13.4. The molecular weight excluding hydrogens is 412 g/mol. The minimum absolute atomic E-state index is 0.0154. The second-order valence-corrected chi connectivity index (χ2v) is 10.0. The minimum atomic E-state index is -3.84. The molecule has 0 bridgehead atoms. The molecule has 31 heavy (non-hydrogen) atoms. The second-order valence-electron chi connectivity index (χ2n) is 8.43. The van der Waals surface area contributed by atoms with Crippen LogP contribution in [0.25, 0.3) is 0 Å². The van der Waals surface area contributed by atoms with E-state index in [0.29, 0.717) is 22.4 Å². The standard InChI is InChI=1S/C23H32N4O3S/c1-15(2)25-23(28)19-6-7-21(27-10-8-24-9-11-27)20(14-19)26-31(29,30)22-17(4)12-16(3)13-18(22)5/h6-7,12-15,24,26H,8-11H2,1-5H3,(H,25,28). The van der Waals surface area contributed by atoms with Gasteiger partial charge in [0, 0.05) is 37.8 Å². The summed E-state index contributed by atoms with van der Waals surface area (Å²) < 4.78 is 29.6. The summed E-state index contributed by atoms with van der Waals surface area (Å²) in [5, 5.41) is 6.17. The number of anilines is 2. The lowest BCUT2D eigenvalue weighted by Gasteiger charge is -2.31. The lowest BCUT2D eigenvalue weighted by molar-refractivity contribution is 0.0943. The Bertz CT molecular complexity index is 1050. The summed E-state index contributed by atoms with van der Waals surface area (Å²) in [5.74, 6) is -0.231. The Morgan fingerprint density at radius 1 is 1.03 bits per heavy atom. The van der Waals surface area contributed by atoms with Gasteiger partial charge in [0.1, 0.15) is 0 Å². The van der Waals surface area contributed by atoms with Crippen molar-refractivity contribution in [1.82, 2.24) is 10.6 Å². The normalized spacial score (nSPS) is 14.6. The molecular formula is C23H32N4O3S. The van der Waals surface area contributed by atoms with Crippen LogP contribution in [0.2, 0.25) is 0 Å². The second kappa shape index (κ2) is 9.28. The first-order valence-electron chi connectivity index (χ1n) is 10.6. The van der Waals surface area contributed by atoms with E-state index in [4.69, 9.17) is 0 Å². The van der Waals surface area contributed by atoms with E-state index in [1.807, 2.05) is 39.0 Å². The zero-order chi connectivity index (χ0) is 22.8. The Balaban J connectivity index is 2.05. The first kappa shape index (κ1) is 23.1. The monoisotopic (exact) mass is 444 g/mol. The Hall–Kier alpha value is -2.58. The highest BCUT2D eigenvalue weighted by molar-refractivity contribution is 7.92. The molecule has 1 aliphatic heterocycles. The summed E-state index contributed by atoms with van der Waals surface area (Å²) in [6, 6.07) is 8.92. The summed E-state index contributed by atoms with van der Waals surface area (Å²) in [6.45, 7) is 12.5. The summed E-state index contributed by atoms with van der Waals surface area (Å²) in [6.07, 6.45) is 0. The smallest absolute Gasteiger partial charge is 0.262 e. The average Bonchev–Trinajstić information content (AvgIpc) is 2.66. The Morgan fingerprint density at radius 3 is 2.23 bits per heavy atom. The molecule has 1 aliphatic rings. The number of amides is 1. The van der Waals surface area contributed by atoms with Gasteiger partial charge < -0.3 is 15.5 Å². The Kier molecular flexibility index (Phi) is 6.91. The number of nitrogens with zero attached hydrogens (tertiary/aromatic N) is 1. The van der Waals surface area contributed by atoms with Gasteiger partial charge >= 0.3 is 0 Å². The lowest BCUT2D eigenvalue weighted by Crippen LogP contribution is -2.43. The van der Waals surface area contributed by atoms with Gasteiger partial charge in [-0.15, -0.1) is 0 Å². The van der Waals surface area contributed by atoms with Crippen molar-refractivity contribution in [2.45, 2.75) is 45.6 Å². The van der Waals surface area contributed by atoms with E-state index < -0.39 is 10.0 Å². The van der Waals surface area contributed by atoms with Gasteiger partial charge in [0.2, 0.25) is 0 Å². The molecule has 1 amide bonds. The molecule has 168 valence electrons. The number of sulfonamides is 1. The topological polar surface area (TPSA) is 90.5 Å². The van der Waals surface area contributed by atoms with Crippen molar-refractivity contribution in [1.29, 1.82) is 0 Å². The molecule has 1 saturated heterocycles. The number of piperazine rings is 1. The SMILES string of the molecule is Cc1cc(C)c(S(=O)(=O)Nc2cc(C(=O)NC(C)C)ccc2N2CCNCC2)c(C)c1. The fourth-order valence-corrected chi connectivity index (χ4v) is 5.59. The van der Waals surface area contributed by atoms with Crippen molar-refractivity contribution < 1.29 is 13.2 Å². The van der Waals surface area contributed by atoms with Crippen LogP contribution in [0.1, 0.15) is 40.9 Å². The van der Waals surface area contributed by atoms with Crippen LogP contribution in [-0.2, 0) is 10.0 Å². The number of hydrogen-bond acceptors (Lipinski definition) is 5. The van der Waals surface area contributed by atoms with E-state index in [1.165, 1.54) is 0 Å². The maximum absolute atomic E-state index is 13.4. The summed E-state index contributed by atoms with van der Waals surface area (Å²) in [7, 11) is -3.84. The van der Waals surface area contributed by atoms with Crippen LogP contribution in [0.5, 0.6) is 0 Å². The molecule has 1 fully saturated rings. The first-order chi connectivity index (χ1) is 14.6. The lowest BCUT2D eigenvalue weighted by atomic mass is 10.1. The molecule has 2 aromatic rings. The van der Waals surface area contributed by atoms with Gasteiger partial charge in [0.15, 0.2) is 0 Å². The molecule has 0 aromatic heterocycles. The van der Waals surface area contributed by atoms with Crippen LogP contribution < -0.4 is 20.3 Å². The van der Waals surface area contributed by atoms with E-state index in [1.54, 1.807) is 26.0 Å². The number of nitrogens with one attached hydrogen (secondary N) is 3. The maximum Gasteiger partial charge on any atom is 0.262 e. The van der Waals surface area contributed by atoms with Crippen LogP contribution in [0.15, 0.2) is 35.2 Å². The molecule has 0 unspecified atom stereocenters. The molecule has 3 N–H and O–H groups in total. The van der Waals surface area contributed by atoms with E-state index >= 15 is 0 Å². The van der Waals surface area contributed by atoms with Gasteiger partial charge in [-0.3, -0.25) is 9.52 Å². The summed E-state index contributed by atoms with van der Waals surface area (Å²) in [4.78, 5) is 15.0. The number of benzene rings is 2. The van der Waals surface area contributed by atoms with Crippen molar-refractivity contribution in [3.63, 3.8) is 0 Å². The Morgan fingerprint density at radius 2 is 1.65 bits per heavy atom. The van der Waals surface area contributed by atoms with E-state index in [9.17, 15) is 13.2 Å². The van der Waals surface area contributed by atoms with E-state index in [2.05, 4.69) is 20.3 Å². The third-order valence-electron chi connectivity index (χ3n) is 5.25. The third kappa shape index (κ3) is 5.37. The van der Waals surface area contributed by atoms with Crippen molar-refractivity contribution in [3.8, 4) is 0 Å². The summed E-state index contributed by atoms with van der Waals surface area (Å²) in [5.41, 5.74) is 4.02. The average molecular weight is 445 g/mol. The molecule has 0 spiro atoms. The number of aryl methyl sites for hydroxylation is 3. The molecule has 0 atom stereocenters. The van der Waals surface area contributed by atoms with Crippen LogP contribution in [-0.4, -0.2) is 46.5 Å². The van der Waals surface area contributed by atoms with Crippen LogP contribution >= 0.6 is 0 Å². The molecule has 7 nitrogen and oxygen atoms in total. The molecule has 3 rings (SSSR count). The van der Waals surface area contributed by atoms with Crippen LogP contribution in [0.4, 0.5) is 11.4 Å². The summed E-state index contributed by atoms with van der Waals surface area (Å²) >= 11 is 0. The van der Waals surface area contributed by atoms with Crippen molar-refractivity contribution in [2.75, 3.05) is 35.8 Å². The van der Waals surface area contributed by atoms with Crippen LogP contribution in [0, 0.1) is 20.8 Å². The van der Waals surface area contributed by atoms with Gasteiger partial charge in [-0.1, -0.05) is 17.7 Å². The van der Waals surface area contributed by atoms with Crippen molar-refractivity contribution in [3.05, 3.63) is 52.6 Å². The van der Waals surface area contributed by atoms with E-state index in [-0.39, 0.29) is 16.8 Å². The van der Waals surface area contributed by atoms with Gasteiger partial charge in [-0.2, -0.15) is 0 Å². The van der Waals surface area contributed by atoms with Gasteiger partial charge in [-0.25, -0.2) is 8.42 Å². The molecule has 1 heterocycles. The highest BCUT2D eigenvalue weighted by Gasteiger charge is 2.24. The predicted octanol–water partition coefficient (Wildman–Crippen LogP) is 2.96. The van der Waals surface area contributed by atoms with Crippen molar-refractivity contribution >= 4 is 27.3 Å². The quantitative estimate of drug-likeness (QED) is 0.637. The molecule has 0 aliphatic carbocycles. The molecule has 0 radical (unpaired) electrons. The van der Waals surface area contributed by atoms with Gasteiger partial charge in [0.25, 0.3) is 15.9 Å². The fraction of sp³-hybridized carbons (Fsp3) is 0.435. The number of carbonyl (C=O) groups is 1.